The van der Waals surface area contributed by atoms with Crippen LogP contribution < -0.4 is 4.74 Å². The zero-order chi connectivity index (χ0) is 12.0. The van der Waals surface area contributed by atoms with E-state index in [2.05, 4.69) is 4.99 Å². The average molecular weight is 225 g/mol. The first-order valence-corrected chi connectivity index (χ1v) is 4.60. The maximum Gasteiger partial charge on any atom is 0.235 e. The SMILES string of the molecule is COCc1cc(CN=C=O)c(F)cc1OC. The minimum absolute atomic E-state index is 0.0317. The molecule has 0 radical (unpaired) electrons. The molecule has 0 aliphatic heterocycles. The molecular weight excluding hydrogens is 213 g/mol. The number of benzene rings is 1. The number of ether oxygens (including phenoxy) is 2. The summed E-state index contributed by atoms with van der Waals surface area (Å²) in [6, 6.07) is 2.82. The van der Waals surface area contributed by atoms with E-state index in [0.29, 0.717) is 23.5 Å². The summed E-state index contributed by atoms with van der Waals surface area (Å²) < 4.78 is 23.4. The molecule has 0 unspecified atom stereocenters. The highest BCUT2D eigenvalue weighted by molar-refractivity contribution is 5.39. The molecule has 16 heavy (non-hydrogen) atoms. The Hall–Kier alpha value is -1.71. The molecule has 4 nitrogen and oxygen atoms in total. The van der Waals surface area contributed by atoms with Gasteiger partial charge >= 0.3 is 0 Å². The topological polar surface area (TPSA) is 47.9 Å². The van der Waals surface area contributed by atoms with Crippen molar-refractivity contribution in [2.45, 2.75) is 13.2 Å². The van der Waals surface area contributed by atoms with Crippen LogP contribution in [0.3, 0.4) is 0 Å². The molecule has 0 saturated carbocycles. The number of rotatable bonds is 5. The lowest BCUT2D eigenvalue weighted by Crippen LogP contribution is -1.98. The highest BCUT2D eigenvalue weighted by Gasteiger charge is 2.09. The summed E-state index contributed by atoms with van der Waals surface area (Å²) in [5, 5.41) is 0. The van der Waals surface area contributed by atoms with Gasteiger partial charge in [-0.2, -0.15) is 0 Å². The molecule has 0 spiro atoms. The molecular formula is C11H12FNO3. The molecule has 0 heterocycles. The smallest absolute Gasteiger partial charge is 0.235 e. The normalized spacial score (nSPS) is 9.69. The number of carbonyl (C=O) groups excluding carboxylic acids is 1. The van der Waals surface area contributed by atoms with Crippen LogP contribution in [0.25, 0.3) is 0 Å². The highest BCUT2D eigenvalue weighted by atomic mass is 19.1. The van der Waals surface area contributed by atoms with Crippen LogP contribution in [0.2, 0.25) is 0 Å². The predicted molar refractivity (Wildman–Crippen MR) is 55.5 cm³/mol. The van der Waals surface area contributed by atoms with Crippen LogP contribution in [0, 0.1) is 5.82 Å². The van der Waals surface area contributed by atoms with Crippen molar-refractivity contribution < 1.29 is 18.7 Å². The lowest BCUT2D eigenvalue weighted by Gasteiger charge is -2.10. The summed E-state index contributed by atoms with van der Waals surface area (Å²) in [6.07, 6.45) is 1.37. The van der Waals surface area contributed by atoms with E-state index in [0.717, 1.165) is 0 Å². The number of nitrogens with zero attached hydrogens (tertiary/aromatic N) is 1. The zero-order valence-corrected chi connectivity index (χ0v) is 9.12. The van der Waals surface area contributed by atoms with Gasteiger partial charge in [0.05, 0.1) is 20.3 Å². The van der Waals surface area contributed by atoms with Crippen LogP contribution in [0.15, 0.2) is 17.1 Å². The Labute approximate surface area is 92.7 Å². The molecule has 1 aromatic rings. The number of isocyanates is 1. The fourth-order valence-corrected chi connectivity index (χ4v) is 1.35. The van der Waals surface area contributed by atoms with E-state index in [1.807, 2.05) is 0 Å². The quantitative estimate of drug-likeness (QED) is 0.567. The van der Waals surface area contributed by atoms with Crippen molar-refractivity contribution in [2.24, 2.45) is 4.99 Å². The Morgan fingerprint density at radius 2 is 2.12 bits per heavy atom. The average Bonchev–Trinajstić information content (AvgIpc) is 2.29. The molecule has 0 aliphatic carbocycles. The maximum absolute atomic E-state index is 13.5. The number of aliphatic imine (C=N–C) groups is 1. The van der Waals surface area contributed by atoms with Gasteiger partial charge in [0.15, 0.2) is 0 Å². The first-order chi connectivity index (χ1) is 7.72. The second-order valence-corrected chi connectivity index (χ2v) is 3.10. The van der Waals surface area contributed by atoms with E-state index in [4.69, 9.17) is 9.47 Å². The molecule has 1 aromatic carbocycles. The van der Waals surface area contributed by atoms with Crippen molar-refractivity contribution in [1.29, 1.82) is 0 Å². The van der Waals surface area contributed by atoms with Crippen LogP contribution in [0.5, 0.6) is 5.75 Å². The Morgan fingerprint density at radius 3 is 2.69 bits per heavy atom. The second-order valence-electron chi connectivity index (χ2n) is 3.10. The lowest BCUT2D eigenvalue weighted by atomic mass is 10.1. The molecule has 0 amide bonds. The molecule has 0 bridgehead atoms. The monoisotopic (exact) mass is 225 g/mol. The van der Waals surface area contributed by atoms with E-state index >= 15 is 0 Å². The van der Waals surface area contributed by atoms with Crippen molar-refractivity contribution in [3.05, 3.63) is 29.1 Å². The summed E-state index contributed by atoms with van der Waals surface area (Å²) >= 11 is 0. The zero-order valence-electron chi connectivity index (χ0n) is 9.12. The molecule has 86 valence electrons. The minimum Gasteiger partial charge on any atom is -0.496 e. The van der Waals surface area contributed by atoms with E-state index in [-0.39, 0.29) is 6.54 Å². The largest absolute Gasteiger partial charge is 0.496 e. The number of methoxy groups -OCH3 is 2. The van der Waals surface area contributed by atoms with Crippen molar-refractivity contribution in [1.82, 2.24) is 0 Å². The second kappa shape index (κ2) is 6.00. The first-order valence-electron chi connectivity index (χ1n) is 4.60. The molecule has 0 aliphatic rings. The Balaban J connectivity index is 3.10. The Bertz CT molecular complexity index is 414. The summed E-state index contributed by atoms with van der Waals surface area (Å²) in [6.45, 7) is 0.275. The molecule has 0 fully saturated rings. The van der Waals surface area contributed by atoms with Crippen LogP contribution in [-0.4, -0.2) is 20.3 Å². The first kappa shape index (κ1) is 12.4. The highest BCUT2D eigenvalue weighted by Crippen LogP contribution is 2.24. The summed E-state index contributed by atoms with van der Waals surface area (Å²) in [5.41, 5.74) is 1.03. The molecule has 5 heteroatoms. The van der Waals surface area contributed by atoms with Crippen molar-refractivity contribution in [3.63, 3.8) is 0 Å². The third kappa shape index (κ3) is 2.89. The summed E-state index contributed by atoms with van der Waals surface area (Å²) in [7, 11) is 2.99. The van der Waals surface area contributed by atoms with Gasteiger partial charge in [-0.25, -0.2) is 14.2 Å². The molecule has 0 N–H and O–H groups in total. The summed E-state index contributed by atoms with van der Waals surface area (Å²) in [5.74, 6) is -0.0473. The van der Waals surface area contributed by atoms with Crippen LogP contribution in [0.1, 0.15) is 11.1 Å². The van der Waals surface area contributed by atoms with Gasteiger partial charge in [0, 0.05) is 24.3 Å². The fraction of sp³-hybridized carbons (Fsp3) is 0.364. The van der Waals surface area contributed by atoms with Crippen LogP contribution in [0.4, 0.5) is 4.39 Å². The van der Waals surface area contributed by atoms with E-state index in [9.17, 15) is 9.18 Å². The molecule has 0 aromatic heterocycles. The minimum atomic E-state index is -0.462. The van der Waals surface area contributed by atoms with E-state index in [1.165, 1.54) is 26.4 Å². The lowest BCUT2D eigenvalue weighted by molar-refractivity contribution is 0.181. The molecule has 0 atom stereocenters. The Morgan fingerprint density at radius 1 is 1.38 bits per heavy atom. The molecule has 0 saturated heterocycles. The van der Waals surface area contributed by atoms with Crippen LogP contribution in [-0.2, 0) is 22.7 Å². The number of hydrogen-bond acceptors (Lipinski definition) is 4. The molecule has 1 rings (SSSR count). The van der Waals surface area contributed by atoms with Gasteiger partial charge in [0.2, 0.25) is 6.08 Å². The predicted octanol–water partition coefficient (Wildman–Crippen LogP) is 1.82. The van der Waals surface area contributed by atoms with E-state index < -0.39 is 5.82 Å². The maximum atomic E-state index is 13.5. The van der Waals surface area contributed by atoms with Crippen molar-refractivity contribution in [3.8, 4) is 5.75 Å². The fourth-order valence-electron chi connectivity index (χ4n) is 1.35. The van der Waals surface area contributed by atoms with Gasteiger partial charge in [-0.15, -0.1) is 0 Å². The summed E-state index contributed by atoms with van der Waals surface area (Å²) in [4.78, 5) is 13.3. The van der Waals surface area contributed by atoms with Gasteiger partial charge in [0.25, 0.3) is 0 Å². The van der Waals surface area contributed by atoms with Gasteiger partial charge in [-0.05, 0) is 6.07 Å². The van der Waals surface area contributed by atoms with Gasteiger partial charge in [-0.1, -0.05) is 0 Å². The van der Waals surface area contributed by atoms with Crippen LogP contribution >= 0.6 is 0 Å². The van der Waals surface area contributed by atoms with Crippen molar-refractivity contribution in [2.75, 3.05) is 14.2 Å². The third-order valence-electron chi connectivity index (χ3n) is 2.06. The number of hydrogen-bond donors (Lipinski definition) is 0. The Kier molecular flexibility index (Phi) is 4.64. The van der Waals surface area contributed by atoms with Gasteiger partial charge in [-0.3, -0.25) is 0 Å². The van der Waals surface area contributed by atoms with Gasteiger partial charge < -0.3 is 9.47 Å². The standard InChI is InChI=1S/C11H12FNO3/c1-15-6-9-3-8(5-13-7-14)10(12)4-11(9)16-2/h3-4H,5-6H2,1-2H3. The van der Waals surface area contributed by atoms with Crippen molar-refractivity contribution >= 4 is 6.08 Å². The van der Waals surface area contributed by atoms with Gasteiger partial charge in [0.1, 0.15) is 11.6 Å². The van der Waals surface area contributed by atoms with E-state index in [1.54, 1.807) is 6.07 Å². The number of halogens is 1. The third-order valence-corrected chi connectivity index (χ3v) is 2.06.